The number of aliphatic hydroxyl groups excluding tert-OH is 1. The third-order valence-corrected chi connectivity index (χ3v) is 8.82. The highest BCUT2D eigenvalue weighted by molar-refractivity contribution is 7.13. The standard InChI is InChI=1S/C29H38N6O4S/c1-17(2)26(24-14-25(33-39-24)34-11-9-30-10-12-34)29(38)35-15-22(36)13-23(35)28(37)32-18(3)20-5-7-21(8-6-20)27-19(4)31-16-40-27/h5-8,14,16-18,22-23,26,30,36H,9-13,15H2,1-4H3,(H,32,37)/t18-,22?,23-,26+/m0/s1. The summed E-state index contributed by atoms with van der Waals surface area (Å²) in [5.41, 5.74) is 4.87. The number of nitrogens with zero attached hydrogens (tertiary/aromatic N) is 4. The maximum Gasteiger partial charge on any atom is 0.243 e. The third kappa shape index (κ3) is 5.91. The number of β-amino-alcohol motifs (C(OH)–C–C–N with tert-alkyl or cyclic N) is 1. The second kappa shape index (κ2) is 12.1. The van der Waals surface area contributed by atoms with Gasteiger partial charge in [0.1, 0.15) is 12.0 Å². The smallest absolute Gasteiger partial charge is 0.243 e. The Kier molecular flexibility index (Phi) is 8.53. The van der Waals surface area contributed by atoms with E-state index < -0.39 is 18.1 Å². The monoisotopic (exact) mass is 566 g/mol. The second-order valence-corrected chi connectivity index (χ2v) is 11.9. The minimum atomic E-state index is -0.768. The van der Waals surface area contributed by atoms with E-state index >= 15 is 0 Å². The van der Waals surface area contributed by atoms with Crippen LogP contribution in [0.3, 0.4) is 0 Å². The molecule has 1 aromatic carbocycles. The summed E-state index contributed by atoms with van der Waals surface area (Å²) in [5, 5.41) is 21.1. The largest absolute Gasteiger partial charge is 0.391 e. The molecule has 4 heterocycles. The van der Waals surface area contributed by atoms with Gasteiger partial charge in [0.2, 0.25) is 11.8 Å². The average molecular weight is 567 g/mol. The van der Waals surface area contributed by atoms with Crippen molar-refractivity contribution >= 4 is 29.0 Å². The molecular formula is C29H38N6O4S. The lowest BCUT2D eigenvalue weighted by Gasteiger charge is -2.29. The van der Waals surface area contributed by atoms with Gasteiger partial charge in [0, 0.05) is 45.2 Å². The predicted molar refractivity (Wildman–Crippen MR) is 154 cm³/mol. The first kappa shape index (κ1) is 28.3. The van der Waals surface area contributed by atoms with Crippen LogP contribution in [0, 0.1) is 12.8 Å². The van der Waals surface area contributed by atoms with E-state index in [1.807, 2.05) is 63.5 Å². The number of anilines is 1. The van der Waals surface area contributed by atoms with Crippen LogP contribution in [-0.4, -0.2) is 76.8 Å². The highest BCUT2D eigenvalue weighted by atomic mass is 32.1. The lowest BCUT2D eigenvalue weighted by molar-refractivity contribution is -0.141. The number of carbonyl (C=O) groups excluding carboxylic acids is 2. The molecule has 0 bridgehead atoms. The first-order valence-corrected chi connectivity index (χ1v) is 14.8. The molecule has 4 atom stereocenters. The first-order chi connectivity index (χ1) is 19.2. The molecule has 2 amide bonds. The lowest BCUT2D eigenvalue weighted by atomic mass is 9.91. The SMILES string of the molecule is Cc1ncsc1-c1ccc([C@H](C)NC(=O)[C@@H]2CC(O)CN2C(=O)[C@@H](c2cc(N3CCNCC3)no2)C(C)C)cc1. The van der Waals surface area contributed by atoms with E-state index in [0.717, 1.165) is 53.7 Å². The molecule has 214 valence electrons. The fourth-order valence-electron chi connectivity index (χ4n) is 5.58. The van der Waals surface area contributed by atoms with Gasteiger partial charge >= 0.3 is 0 Å². The molecule has 2 fully saturated rings. The number of aromatic nitrogens is 2. The van der Waals surface area contributed by atoms with E-state index in [9.17, 15) is 14.7 Å². The summed E-state index contributed by atoms with van der Waals surface area (Å²) in [4.78, 5) is 36.4. The van der Waals surface area contributed by atoms with E-state index in [1.165, 1.54) is 4.90 Å². The zero-order chi connectivity index (χ0) is 28.4. The first-order valence-electron chi connectivity index (χ1n) is 13.9. The number of benzene rings is 1. The Labute approximate surface area is 238 Å². The maximum absolute atomic E-state index is 13.9. The second-order valence-electron chi connectivity index (χ2n) is 11.1. The van der Waals surface area contributed by atoms with Gasteiger partial charge in [0.15, 0.2) is 11.6 Å². The van der Waals surface area contributed by atoms with Crippen molar-refractivity contribution in [2.75, 3.05) is 37.6 Å². The third-order valence-electron chi connectivity index (χ3n) is 7.84. The molecule has 11 heteroatoms. The van der Waals surface area contributed by atoms with Crippen LogP contribution in [0.2, 0.25) is 0 Å². The summed E-state index contributed by atoms with van der Waals surface area (Å²) in [7, 11) is 0. The van der Waals surface area contributed by atoms with Crippen molar-refractivity contribution in [3.05, 3.63) is 52.9 Å². The topological polar surface area (TPSA) is 124 Å². The molecule has 1 unspecified atom stereocenters. The zero-order valence-corrected chi connectivity index (χ0v) is 24.3. The van der Waals surface area contributed by atoms with Crippen LogP contribution in [0.1, 0.15) is 56.2 Å². The Morgan fingerprint density at radius 1 is 1.18 bits per heavy atom. The molecule has 2 aliphatic heterocycles. The number of piperazine rings is 1. The van der Waals surface area contributed by atoms with E-state index in [2.05, 4.69) is 25.7 Å². The maximum atomic E-state index is 13.9. The van der Waals surface area contributed by atoms with Crippen molar-refractivity contribution in [3.63, 3.8) is 0 Å². The van der Waals surface area contributed by atoms with Crippen LogP contribution in [0.5, 0.6) is 0 Å². The molecular weight excluding hydrogens is 528 g/mol. The van der Waals surface area contributed by atoms with E-state index in [4.69, 9.17) is 4.52 Å². The van der Waals surface area contributed by atoms with Crippen LogP contribution in [0.15, 0.2) is 40.4 Å². The number of aryl methyl sites for hydroxylation is 1. The van der Waals surface area contributed by atoms with Crippen molar-refractivity contribution in [1.82, 2.24) is 25.7 Å². The zero-order valence-electron chi connectivity index (χ0n) is 23.5. The van der Waals surface area contributed by atoms with Crippen LogP contribution in [0.25, 0.3) is 10.4 Å². The molecule has 0 saturated carbocycles. The fourth-order valence-corrected chi connectivity index (χ4v) is 6.40. The normalized spacial score (nSPS) is 21.1. The number of thiazole rings is 1. The van der Waals surface area contributed by atoms with Gasteiger partial charge in [-0.1, -0.05) is 43.3 Å². The van der Waals surface area contributed by atoms with Gasteiger partial charge in [0.25, 0.3) is 0 Å². The van der Waals surface area contributed by atoms with Gasteiger partial charge in [-0.2, -0.15) is 0 Å². The number of amides is 2. The van der Waals surface area contributed by atoms with Crippen molar-refractivity contribution in [2.24, 2.45) is 5.92 Å². The van der Waals surface area contributed by atoms with Gasteiger partial charge in [-0.15, -0.1) is 11.3 Å². The highest BCUT2D eigenvalue weighted by Gasteiger charge is 2.43. The summed E-state index contributed by atoms with van der Waals surface area (Å²) >= 11 is 1.60. The minimum absolute atomic E-state index is 0.0857. The number of hydrogen-bond acceptors (Lipinski definition) is 9. The average Bonchev–Trinajstić information content (AvgIpc) is 3.69. The Bertz CT molecular complexity index is 1320. The molecule has 5 rings (SSSR count). The quantitative estimate of drug-likeness (QED) is 0.380. The van der Waals surface area contributed by atoms with Gasteiger partial charge in [0.05, 0.1) is 28.2 Å². The number of likely N-dealkylation sites (tertiary alicyclic amines) is 1. The van der Waals surface area contributed by atoms with Crippen LogP contribution in [0.4, 0.5) is 5.82 Å². The van der Waals surface area contributed by atoms with Crippen LogP contribution in [-0.2, 0) is 9.59 Å². The Morgan fingerprint density at radius 3 is 2.55 bits per heavy atom. The highest BCUT2D eigenvalue weighted by Crippen LogP contribution is 2.33. The van der Waals surface area contributed by atoms with Crippen LogP contribution >= 0.6 is 11.3 Å². The Balaban J connectivity index is 1.28. The Morgan fingerprint density at radius 2 is 1.90 bits per heavy atom. The summed E-state index contributed by atoms with van der Waals surface area (Å²) in [6.07, 6.45) is -0.572. The van der Waals surface area contributed by atoms with Gasteiger partial charge in [-0.25, -0.2) is 4.98 Å². The molecule has 40 heavy (non-hydrogen) atoms. The Hall–Kier alpha value is -3.28. The molecule has 0 radical (unpaired) electrons. The predicted octanol–water partition coefficient (Wildman–Crippen LogP) is 3.09. The number of hydrogen-bond donors (Lipinski definition) is 3. The molecule has 2 saturated heterocycles. The molecule has 3 aromatic rings. The van der Waals surface area contributed by atoms with E-state index in [1.54, 1.807) is 11.3 Å². The number of carbonyl (C=O) groups is 2. The van der Waals surface area contributed by atoms with Crippen molar-refractivity contribution in [2.45, 2.75) is 58.2 Å². The summed E-state index contributed by atoms with van der Waals surface area (Å²) in [6.45, 7) is 11.3. The lowest BCUT2D eigenvalue weighted by Crippen LogP contribution is -2.48. The molecule has 0 spiro atoms. The van der Waals surface area contributed by atoms with Crippen molar-refractivity contribution < 1.29 is 19.2 Å². The minimum Gasteiger partial charge on any atom is -0.391 e. The molecule has 3 N–H and O–H groups in total. The fraction of sp³-hybridized carbons (Fsp3) is 0.517. The van der Waals surface area contributed by atoms with Gasteiger partial charge in [-0.05, 0) is 30.9 Å². The summed E-state index contributed by atoms with van der Waals surface area (Å²) in [5.74, 6) is 0.00472. The molecule has 2 aliphatic rings. The van der Waals surface area contributed by atoms with Crippen molar-refractivity contribution in [3.8, 4) is 10.4 Å². The van der Waals surface area contributed by atoms with Gasteiger partial charge in [-0.3, -0.25) is 9.59 Å². The van der Waals surface area contributed by atoms with E-state index in [0.29, 0.717) is 5.76 Å². The number of aliphatic hydroxyl groups is 1. The van der Waals surface area contributed by atoms with E-state index in [-0.39, 0.29) is 36.7 Å². The van der Waals surface area contributed by atoms with Crippen molar-refractivity contribution in [1.29, 1.82) is 0 Å². The number of nitrogens with one attached hydrogen (secondary N) is 2. The summed E-state index contributed by atoms with van der Waals surface area (Å²) < 4.78 is 5.68. The van der Waals surface area contributed by atoms with Gasteiger partial charge < -0.3 is 30.1 Å². The summed E-state index contributed by atoms with van der Waals surface area (Å²) in [6, 6.07) is 8.88. The molecule has 10 nitrogen and oxygen atoms in total. The molecule has 2 aromatic heterocycles. The molecule has 0 aliphatic carbocycles. The number of rotatable bonds is 8. The van der Waals surface area contributed by atoms with Crippen LogP contribution < -0.4 is 15.5 Å².